The first kappa shape index (κ1) is 17.9. The second kappa shape index (κ2) is 8.45. The van der Waals surface area contributed by atoms with Crippen molar-refractivity contribution in [1.29, 1.82) is 0 Å². The van der Waals surface area contributed by atoms with Crippen LogP contribution in [0.15, 0.2) is 36.4 Å². The van der Waals surface area contributed by atoms with Crippen molar-refractivity contribution in [3.05, 3.63) is 47.5 Å². The first-order valence-electron chi connectivity index (χ1n) is 7.82. The second-order valence-electron chi connectivity index (χ2n) is 5.68. The zero-order chi connectivity index (χ0) is 17.5. The number of phenols is 1. The van der Waals surface area contributed by atoms with Crippen molar-refractivity contribution in [2.45, 2.75) is 13.0 Å². The van der Waals surface area contributed by atoms with Gasteiger partial charge < -0.3 is 24.2 Å². The van der Waals surface area contributed by atoms with Gasteiger partial charge in [-0.25, -0.2) is 0 Å². The van der Waals surface area contributed by atoms with Crippen LogP contribution < -0.4 is 14.2 Å². The van der Waals surface area contributed by atoms with Crippen LogP contribution in [0, 0.1) is 0 Å². The van der Waals surface area contributed by atoms with E-state index in [-0.39, 0.29) is 5.75 Å². The molecule has 24 heavy (non-hydrogen) atoms. The monoisotopic (exact) mass is 331 g/mol. The quantitative estimate of drug-likeness (QED) is 0.805. The van der Waals surface area contributed by atoms with E-state index in [0.29, 0.717) is 5.75 Å². The molecule has 0 aliphatic heterocycles. The SMILES string of the molecule is COc1ccc(CN(C)CCc2ccc(OC)c(OC)c2)cc1O. The van der Waals surface area contributed by atoms with E-state index >= 15 is 0 Å². The molecule has 130 valence electrons. The Labute approximate surface area is 143 Å². The van der Waals surface area contributed by atoms with Crippen LogP contribution in [0.3, 0.4) is 0 Å². The number of hydrogen-bond acceptors (Lipinski definition) is 5. The van der Waals surface area contributed by atoms with Gasteiger partial charge in [0, 0.05) is 13.1 Å². The van der Waals surface area contributed by atoms with Gasteiger partial charge in [-0.15, -0.1) is 0 Å². The Morgan fingerprint density at radius 1 is 0.833 bits per heavy atom. The summed E-state index contributed by atoms with van der Waals surface area (Å²) in [6.07, 6.45) is 0.902. The van der Waals surface area contributed by atoms with E-state index in [9.17, 15) is 5.11 Å². The lowest BCUT2D eigenvalue weighted by atomic mass is 10.1. The van der Waals surface area contributed by atoms with Crippen LogP contribution in [0.1, 0.15) is 11.1 Å². The average Bonchev–Trinajstić information content (AvgIpc) is 2.59. The lowest BCUT2D eigenvalue weighted by molar-refractivity contribution is 0.328. The van der Waals surface area contributed by atoms with Gasteiger partial charge >= 0.3 is 0 Å². The molecule has 0 bridgehead atoms. The molecule has 0 spiro atoms. The Balaban J connectivity index is 1.93. The van der Waals surface area contributed by atoms with Gasteiger partial charge in [-0.1, -0.05) is 12.1 Å². The van der Waals surface area contributed by atoms with Crippen LogP contribution in [0.4, 0.5) is 0 Å². The number of methoxy groups -OCH3 is 3. The Morgan fingerprint density at radius 2 is 1.46 bits per heavy atom. The molecule has 0 heterocycles. The smallest absolute Gasteiger partial charge is 0.160 e. The van der Waals surface area contributed by atoms with Gasteiger partial charge in [0.25, 0.3) is 0 Å². The molecule has 1 N–H and O–H groups in total. The number of nitrogens with zero attached hydrogens (tertiary/aromatic N) is 1. The van der Waals surface area contributed by atoms with Crippen molar-refractivity contribution in [2.75, 3.05) is 34.9 Å². The first-order valence-corrected chi connectivity index (χ1v) is 7.82. The van der Waals surface area contributed by atoms with Gasteiger partial charge in [-0.2, -0.15) is 0 Å². The summed E-state index contributed by atoms with van der Waals surface area (Å²) in [4.78, 5) is 2.21. The highest BCUT2D eigenvalue weighted by Gasteiger charge is 2.08. The van der Waals surface area contributed by atoms with Crippen molar-refractivity contribution in [3.8, 4) is 23.0 Å². The summed E-state index contributed by atoms with van der Waals surface area (Å²) in [7, 11) is 6.88. The minimum atomic E-state index is 0.170. The summed E-state index contributed by atoms with van der Waals surface area (Å²) in [5.41, 5.74) is 2.24. The van der Waals surface area contributed by atoms with E-state index in [0.717, 1.165) is 36.6 Å². The zero-order valence-corrected chi connectivity index (χ0v) is 14.7. The second-order valence-corrected chi connectivity index (χ2v) is 5.68. The van der Waals surface area contributed by atoms with Crippen LogP contribution in [0.25, 0.3) is 0 Å². The Hall–Kier alpha value is -2.40. The van der Waals surface area contributed by atoms with Crippen molar-refractivity contribution >= 4 is 0 Å². The number of rotatable bonds is 8. The van der Waals surface area contributed by atoms with Gasteiger partial charge in [-0.3, -0.25) is 0 Å². The highest BCUT2D eigenvalue weighted by molar-refractivity contribution is 5.43. The lowest BCUT2D eigenvalue weighted by Gasteiger charge is -2.18. The summed E-state index contributed by atoms with van der Waals surface area (Å²) in [5.74, 6) is 2.15. The largest absolute Gasteiger partial charge is 0.504 e. The molecule has 0 unspecified atom stereocenters. The van der Waals surface area contributed by atoms with E-state index in [1.165, 1.54) is 5.56 Å². The first-order chi connectivity index (χ1) is 11.6. The average molecular weight is 331 g/mol. The molecule has 2 aromatic rings. The predicted molar refractivity (Wildman–Crippen MR) is 94.2 cm³/mol. The van der Waals surface area contributed by atoms with Gasteiger partial charge in [0.05, 0.1) is 21.3 Å². The number of phenolic OH excluding ortho intramolecular Hbond substituents is 1. The molecule has 0 fully saturated rings. The van der Waals surface area contributed by atoms with Crippen LogP contribution in [0.5, 0.6) is 23.0 Å². The van der Waals surface area contributed by atoms with Crippen molar-refractivity contribution < 1.29 is 19.3 Å². The highest BCUT2D eigenvalue weighted by Crippen LogP contribution is 2.28. The molecule has 0 saturated carbocycles. The summed E-state index contributed by atoms with van der Waals surface area (Å²) >= 11 is 0. The number of benzene rings is 2. The van der Waals surface area contributed by atoms with E-state index < -0.39 is 0 Å². The van der Waals surface area contributed by atoms with Gasteiger partial charge in [0.2, 0.25) is 0 Å². The van der Waals surface area contributed by atoms with E-state index in [1.54, 1.807) is 33.5 Å². The van der Waals surface area contributed by atoms with Crippen molar-refractivity contribution in [2.24, 2.45) is 0 Å². The molecular weight excluding hydrogens is 306 g/mol. The maximum absolute atomic E-state index is 9.85. The summed E-state index contributed by atoms with van der Waals surface area (Å²) < 4.78 is 15.7. The maximum atomic E-state index is 9.85. The molecule has 0 aliphatic carbocycles. The topological polar surface area (TPSA) is 51.2 Å². The molecule has 0 radical (unpaired) electrons. The third-order valence-electron chi connectivity index (χ3n) is 3.93. The van der Waals surface area contributed by atoms with Gasteiger partial charge in [-0.05, 0) is 48.9 Å². The van der Waals surface area contributed by atoms with E-state index in [4.69, 9.17) is 14.2 Å². The molecule has 0 atom stereocenters. The Kier molecular flexibility index (Phi) is 6.32. The summed E-state index contributed by atoms with van der Waals surface area (Å²) in [6, 6.07) is 11.5. The molecule has 5 heteroatoms. The molecular formula is C19H25NO4. The third-order valence-corrected chi connectivity index (χ3v) is 3.93. The number of hydrogen-bond donors (Lipinski definition) is 1. The Bertz CT molecular complexity index is 672. The molecule has 2 aromatic carbocycles. The normalized spacial score (nSPS) is 10.7. The van der Waals surface area contributed by atoms with E-state index in [2.05, 4.69) is 18.0 Å². The minimum absolute atomic E-state index is 0.170. The fraction of sp³-hybridized carbons (Fsp3) is 0.368. The van der Waals surface area contributed by atoms with Crippen molar-refractivity contribution in [3.63, 3.8) is 0 Å². The zero-order valence-electron chi connectivity index (χ0n) is 14.7. The van der Waals surface area contributed by atoms with Gasteiger partial charge in [0.15, 0.2) is 23.0 Å². The molecule has 5 nitrogen and oxygen atoms in total. The number of aromatic hydroxyl groups is 1. The molecule has 0 aliphatic rings. The fourth-order valence-electron chi connectivity index (χ4n) is 2.58. The van der Waals surface area contributed by atoms with Crippen LogP contribution in [0.2, 0.25) is 0 Å². The molecule has 0 aromatic heterocycles. The number of likely N-dealkylation sites (N-methyl/N-ethyl adjacent to an activating group) is 1. The standard InChI is InChI=1S/C19H25NO4/c1-20(13-15-6-7-17(22-2)16(21)11-15)10-9-14-5-8-18(23-3)19(12-14)24-4/h5-8,11-12,21H,9-10,13H2,1-4H3. The predicted octanol–water partition coefficient (Wildman–Crippen LogP) is 3.09. The summed E-state index contributed by atoms with van der Waals surface area (Å²) in [5, 5.41) is 9.85. The van der Waals surface area contributed by atoms with Gasteiger partial charge in [0.1, 0.15) is 0 Å². The van der Waals surface area contributed by atoms with Crippen molar-refractivity contribution in [1.82, 2.24) is 4.90 Å². The van der Waals surface area contributed by atoms with Crippen LogP contribution in [-0.4, -0.2) is 44.9 Å². The third kappa shape index (κ3) is 4.55. The van der Waals surface area contributed by atoms with Crippen LogP contribution in [-0.2, 0) is 13.0 Å². The van der Waals surface area contributed by atoms with Crippen LogP contribution >= 0.6 is 0 Å². The minimum Gasteiger partial charge on any atom is -0.504 e. The fourth-order valence-corrected chi connectivity index (χ4v) is 2.58. The highest BCUT2D eigenvalue weighted by atomic mass is 16.5. The molecule has 0 saturated heterocycles. The summed E-state index contributed by atoms with van der Waals surface area (Å²) in [6.45, 7) is 1.65. The molecule has 0 amide bonds. The molecule has 2 rings (SSSR count). The van der Waals surface area contributed by atoms with E-state index in [1.807, 2.05) is 18.2 Å². The maximum Gasteiger partial charge on any atom is 0.160 e. The number of ether oxygens (including phenoxy) is 3. The lowest BCUT2D eigenvalue weighted by Crippen LogP contribution is -2.20. The Morgan fingerprint density at radius 3 is 2.08 bits per heavy atom.